The summed E-state index contributed by atoms with van der Waals surface area (Å²) in [4.78, 5) is 24.7. The number of carbonyl (C=O) groups excluding carboxylic acids is 1. The van der Waals surface area contributed by atoms with Gasteiger partial charge in [0.1, 0.15) is 0 Å². The van der Waals surface area contributed by atoms with Gasteiger partial charge in [-0.25, -0.2) is 0 Å². The molecule has 1 fully saturated rings. The molecule has 0 aliphatic carbocycles. The van der Waals surface area contributed by atoms with Crippen molar-refractivity contribution < 1.29 is 9.72 Å². The van der Waals surface area contributed by atoms with Crippen molar-refractivity contribution in [2.24, 2.45) is 0 Å². The number of para-hydroxylation sites is 1. The van der Waals surface area contributed by atoms with E-state index in [-0.39, 0.29) is 24.1 Å². The van der Waals surface area contributed by atoms with Crippen LogP contribution < -0.4 is 5.32 Å². The third kappa shape index (κ3) is 4.01. The first-order valence-electron chi connectivity index (χ1n) is 7.28. The van der Waals surface area contributed by atoms with Crippen LogP contribution in [0.25, 0.3) is 0 Å². The second-order valence-electron chi connectivity index (χ2n) is 5.40. The van der Waals surface area contributed by atoms with Gasteiger partial charge in [0, 0.05) is 24.7 Å². The van der Waals surface area contributed by atoms with Crippen LogP contribution in [-0.2, 0) is 11.2 Å². The first-order valence-corrected chi connectivity index (χ1v) is 7.28. The van der Waals surface area contributed by atoms with Gasteiger partial charge in [0.15, 0.2) is 0 Å². The van der Waals surface area contributed by atoms with Gasteiger partial charge in [0.2, 0.25) is 5.91 Å². The molecule has 6 heteroatoms. The number of nitro groups is 1. The summed E-state index contributed by atoms with van der Waals surface area (Å²) in [5.41, 5.74) is 0.493. The Hall–Kier alpha value is -1.95. The van der Waals surface area contributed by atoms with Crippen LogP contribution in [0, 0.1) is 10.1 Å². The fraction of sp³-hybridized carbons (Fsp3) is 0.533. The first kappa shape index (κ1) is 15.4. The molecule has 0 aromatic heterocycles. The fourth-order valence-corrected chi connectivity index (χ4v) is 2.72. The topological polar surface area (TPSA) is 75.5 Å². The lowest BCUT2D eigenvalue weighted by atomic mass is 10.1. The molecule has 2 rings (SSSR count). The minimum Gasteiger partial charge on any atom is -0.342 e. The smallest absolute Gasteiger partial charge is 0.273 e. The predicted molar refractivity (Wildman–Crippen MR) is 80.1 cm³/mol. The number of hydrogen-bond donors (Lipinski definition) is 1. The molecule has 114 valence electrons. The Labute approximate surface area is 124 Å². The van der Waals surface area contributed by atoms with E-state index >= 15 is 0 Å². The first-order chi connectivity index (χ1) is 10.1. The van der Waals surface area contributed by atoms with E-state index in [1.807, 2.05) is 0 Å². The minimum absolute atomic E-state index is 0.0155. The normalized spacial score (nSPS) is 18.8. The van der Waals surface area contributed by atoms with Gasteiger partial charge in [-0.2, -0.15) is 0 Å². The second-order valence-corrected chi connectivity index (χ2v) is 5.40. The number of nitrogens with one attached hydrogen (secondary N) is 1. The van der Waals surface area contributed by atoms with Crippen LogP contribution in [0.15, 0.2) is 24.3 Å². The number of likely N-dealkylation sites (N-methyl/N-ethyl adjacent to an activating group) is 1. The van der Waals surface area contributed by atoms with E-state index < -0.39 is 4.92 Å². The molecule has 1 heterocycles. The van der Waals surface area contributed by atoms with E-state index in [9.17, 15) is 14.9 Å². The Morgan fingerprint density at radius 1 is 1.38 bits per heavy atom. The van der Waals surface area contributed by atoms with Gasteiger partial charge in [-0.05, 0) is 32.4 Å². The summed E-state index contributed by atoms with van der Waals surface area (Å²) in [5.74, 6) is -0.0591. The number of carbonyl (C=O) groups is 1. The van der Waals surface area contributed by atoms with Crippen LogP contribution in [-0.4, -0.2) is 41.9 Å². The van der Waals surface area contributed by atoms with E-state index in [4.69, 9.17) is 0 Å². The number of nitro benzene ring substituents is 1. The van der Waals surface area contributed by atoms with Crippen molar-refractivity contribution in [1.82, 2.24) is 10.2 Å². The molecule has 1 unspecified atom stereocenters. The average molecular weight is 291 g/mol. The number of hydrogen-bond acceptors (Lipinski definition) is 4. The summed E-state index contributed by atoms with van der Waals surface area (Å²) in [6, 6.07) is 6.66. The van der Waals surface area contributed by atoms with Crippen molar-refractivity contribution in [1.29, 1.82) is 0 Å². The molecule has 1 aromatic rings. The lowest BCUT2D eigenvalue weighted by molar-refractivity contribution is -0.385. The van der Waals surface area contributed by atoms with Gasteiger partial charge in [-0.15, -0.1) is 0 Å². The Bertz CT molecular complexity index is 511. The van der Waals surface area contributed by atoms with E-state index in [2.05, 4.69) is 5.32 Å². The maximum absolute atomic E-state index is 12.4. The van der Waals surface area contributed by atoms with E-state index in [0.717, 1.165) is 32.4 Å². The Kier molecular flexibility index (Phi) is 5.27. The van der Waals surface area contributed by atoms with Crippen molar-refractivity contribution in [3.8, 4) is 0 Å². The molecule has 1 atom stereocenters. The summed E-state index contributed by atoms with van der Waals surface area (Å²) in [6.45, 7) is 1.90. The van der Waals surface area contributed by atoms with E-state index in [1.165, 1.54) is 6.07 Å². The molecule has 1 aliphatic heterocycles. The van der Waals surface area contributed by atoms with Crippen LogP contribution in [0.1, 0.15) is 24.8 Å². The third-order valence-corrected chi connectivity index (χ3v) is 4.02. The molecule has 0 bridgehead atoms. The fourth-order valence-electron chi connectivity index (χ4n) is 2.72. The molecule has 1 saturated heterocycles. The van der Waals surface area contributed by atoms with Crippen LogP contribution in [0.5, 0.6) is 0 Å². The second kappa shape index (κ2) is 7.17. The third-order valence-electron chi connectivity index (χ3n) is 4.02. The number of benzene rings is 1. The van der Waals surface area contributed by atoms with Gasteiger partial charge >= 0.3 is 0 Å². The van der Waals surface area contributed by atoms with Gasteiger partial charge in [-0.3, -0.25) is 14.9 Å². The van der Waals surface area contributed by atoms with Crippen LogP contribution >= 0.6 is 0 Å². The predicted octanol–water partition coefficient (Wildman–Crippen LogP) is 1.74. The van der Waals surface area contributed by atoms with E-state index in [1.54, 1.807) is 30.1 Å². The summed E-state index contributed by atoms with van der Waals surface area (Å²) in [6.07, 6.45) is 3.04. The quantitative estimate of drug-likeness (QED) is 0.677. The van der Waals surface area contributed by atoms with Crippen molar-refractivity contribution in [2.75, 3.05) is 20.1 Å². The lowest BCUT2D eigenvalue weighted by Crippen LogP contribution is -2.38. The number of amides is 1. The summed E-state index contributed by atoms with van der Waals surface area (Å²) in [7, 11) is 1.80. The zero-order valence-corrected chi connectivity index (χ0v) is 12.2. The maximum atomic E-state index is 12.4. The highest BCUT2D eigenvalue weighted by Gasteiger charge is 2.23. The summed E-state index contributed by atoms with van der Waals surface area (Å²) in [5, 5.41) is 14.3. The number of rotatable bonds is 4. The molecule has 21 heavy (non-hydrogen) atoms. The molecule has 1 aromatic carbocycles. The van der Waals surface area contributed by atoms with Gasteiger partial charge < -0.3 is 10.2 Å². The van der Waals surface area contributed by atoms with Crippen molar-refractivity contribution in [2.45, 2.75) is 31.7 Å². The monoisotopic (exact) mass is 291 g/mol. The molecule has 1 aliphatic rings. The van der Waals surface area contributed by atoms with Gasteiger partial charge in [0.25, 0.3) is 5.69 Å². The molecule has 0 radical (unpaired) electrons. The Morgan fingerprint density at radius 3 is 2.90 bits per heavy atom. The molecular weight excluding hydrogens is 270 g/mol. The summed E-state index contributed by atoms with van der Waals surface area (Å²) >= 11 is 0. The highest BCUT2D eigenvalue weighted by Crippen LogP contribution is 2.20. The average Bonchev–Trinajstić information content (AvgIpc) is 2.75. The van der Waals surface area contributed by atoms with Crippen molar-refractivity contribution in [3.63, 3.8) is 0 Å². The lowest BCUT2D eigenvalue weighted by Gasteiger charge is -2.27. The van der Waals surface area contributed by atoms with Crippen molar-refractivity contribution in [3.05, 3.63) is 39.9 Å². The largest absolute Gasteiger partial charge is 0.342 e. The molecule has 6 nitrogen and oxygen atoms in total. The minimum atomic E-state index is -0.432. The SMILES string of the molecule is CN(C(=O)Cc1ccccc1[N+](=O)[O-])C1CCCNCC1. The molecular formula is C15H21N3O3. The maximum Gasteiger partial charge on any atom is 0.273 e. The number of nitrogens with zero attached hydrogens (tertiary/aromatic N) is 2. The highest BCUT2D eigenvalue weighted by molar-refractivity contribution is 5.80. The highest BCUT2D eigenvalue weighted by atomic mass is 16.6. The molecule has 1 amide bonds. The van der Waals surface area contributed by atoms with Crippen molar-refractivity contribution >= 4 is 11.6 Å². The van der Waals surface area contributed by atoms with Crippen LogP contribution in [0.2, 0.25) is 0 Å². The standard InChI is InChI=1S/C15H21N3O3/c1-17(13-6-4-9-16-10-8-13)15(19)11-12-5-2-3-7-14(12)18(20)21/h2-3,5,7,13,16H,4,6,8-11H2,1H3. The zero-order valence-electron chi connectivity index (χ0n) is 12.2. The van der Waals surface area contributed by atoms with Crippen LogP contribution in [0.4, 0.5) is 5.69 Å². The van der Waals surface area contributed by atoms with E-state index in [0.29, 0.717) is 5.56 Å². The summed E-state index contributed by atoms with van der Waals surface area (Å²) < 4.78 is 0. The Balaban J connectivity index is 2.05. The van der Waals surface area contributed by atoms with Gasteiger partial charge in [-0.1, -0.05) is 18.2 Å². The van der Waals surface area contributed by atoms with Crippen LogP contribution in [0.3, 0.4) is 0 Å². The Morgan fingerprint density at radius 2 is 2.14 bits per heavy atom. The molecule has 0 saturated carbocycles. The molecule has 0 spiro atoms. The molecule has 1 N–H and O–H groups in total. The zero-order chi connectivity index (χ0) is 15.2. The van der Waals surface area contributed by atoms with Gasteiger partial charge in [0.05, 0.1) is 11.3 Å².